The summed E-state index contributed by atoms with van der Waals surface area (Å²) in [4.78, 5) is 9.34. The molecule has 0 radical (unpaired) electrons. The van der Waals surface area contributed by atoms with E-state index in [2.05, 4.69) is 80.7 Å². The van der Waals surface area contributed by atoms with Gasteiger partial charge in [0.15, 0.2) is 5.96 Å². The minimum absolute atomic E-state index is 0. The van der Waals surface area contributed by atoms with Gasteiger partial charge in [0.25, 0.3) is 0 Å². The summed E-state index contributed by atoms with van der Waals surface area (Å²) in [7, 11) is 0. The highest BCUT2D eigenvalue weighted by atomic mass is 127. The Hall–Kier alpha value is -3.14. The van der Waals surface area contributed by atoms with Gasteiger partial charge in [0.05, 0.1) is 19.6 Å². The molecular formula is C25H30IN7. The van der Waals surface area contributed by atoms with Crippen molar-refractivity contribution < 1.29 is 0 Å². The van der Waals surface area contributed by atoms with Gasteiger partial charge >= 0.3 is 0 Å². The fourth-order valence-corrected chi connectivity index (χ4v) is 3.53. The van der Waals surface area contributed by atoms with Crippen molar-refractivity contribution in [3.63, 3.8) is 0 Å². The molecule has 7 nitrogen and oxygen atoms in total. The number of aliphatic imine (C=N–C) groups is 1. The van der Waals surface area contributed by atoms with E-state index in [1.807, 2.05) is 35.4 Å². The van der Waals surface area contributed by atoms with Gasteiger partial charge in [-0.1, -0.05) is 54.6 Å². The number of hydrogen-bond acceptors (Lipinski definition) is 3. The number of guanidine groups is 1. The molecular weight excluding hydrogens is 525 g/mol. The van der Waals surface area contributed by atoms with E-state index in [9.17, 15) is 0 Å². The van der Waals surface area contributed by atoms with Crippen LogP contribution in [0.3, 0.4) is 0 Å². The Labute approximate surface area is 212 Å². The van der Waals surface area contributed by atoms with Crippen molar-refractivity contribution in [1.82, 2.24) is 30.0 Å². The number of nitrogens with zero attached hydrogens (tertiary/aromatic N) is 5. The van der Waals surface area contributed by atoms with Gasteiger partial charge in [-0.3, -0.25) is 4.68 Å². The van der Waals surface area contributed by atoms with Gasteiger partial charge in [0, 0.05) is 37.9 Å². The van der Waals surface area contributed by atoms with E-state index in [1.54, 1.807) is 6.20 Å². The van der Waals surface area contributed by atoms with Crippen LogP contribution in [0.5, 0.6) is 0 Å². The number of rotatable bonds is 9. The minimum Gasteiger partial charge on any atom is -0.357 e. The standard InChI is InChI=1S/C25H29N7.HI/c1-2-26-25(28-17-22-11-6-7-12-23(22)20-32-15-8-13-30-32)29-18-24-27-14-16-31(24)19-21-9-4-3-5-10-21;/h3-16H,2,17-20H2,1H3,(H2,26,28,29);1H. The Bertz CT molecular complexity index is 1120. The van der Waals surface area contributed by atoms with Gasteiger partial charge in [-0.25, -0.2) is 9.98 Å². The minimum atomic E-state index is 0. The summed E-state index contributed by atoms with van der Waals surface area (Å²) in [5, 5.41) is 11.1. The molecule has 2 N–H and O–H groups in total. The molecule has 0 saturated carbocycles. The lowest BCUT2D eigenvalue weighted by molar-refractivity contribution is 0.678. The maximum atomic E-state index is 4.81. The highest BCUT2D eigenvalue weighted by molar-refractivity contribution is 14.0. The van der Waals surface area contributed by atoms with Crippen LogP contribution in [0.25, 0.3) is 0 Å². The van der Waals surface area contributed by atoms with Gasteiger partial charge in [-0.15, -0.1) is 24.0 Å². The summed E-state index contributed by atoms with van der Waals surface area (Å²) < 4.78 is 4.09. The van der Waals surface area contributed by atoms with Crippen LogP contribution in [-0.2, 0) is 26.2 Å². The second-order valence-corrected chi connectivity index (χ2v) is 7.48. The van der Waals surface area contributed by atoms with Crippen molar-refractivity contribution in [3.05, 3.63) is 108 Å². The summed E-state index contributed by atoms with van der Waals surface area (Å²) >= 11 is 0. The molecule has 4 rings (SSSR count). The first-order valence-corrected chi connectivity index (χ1v) is 10.9. The maximum Gasteiger partial charge on any atom is 0.191 e. The van der Waals surface area contributed by atoms with Crippen molar-refractivity contribution in [2.24, 2.45) is 4.99 Å². The van der Waals surface area contributed by atoms with Crippen LogP contribution in [0, 0.1) is 0 Å². The molecule has 0 unspecified atom stereocenters. The van der Waals surface area contributed by atoms with Crippen molar-refractivity contribution in [3.8, 4) is 0 Å². The van der Waals surface area contributed by atoms with E-state index in [0.717, 1.165) is 31.4 Å². The molecule has 0 spiro atoms. The zero-order valence-corrected chi connectivity index (χ0v) is 21.1. The van der Waals surface area contributed by atoms with E-state index >= 15 is 0 Å². The summed E-state index contributed by atoms with van der Waals surface area (Å²) in [5.41, 5.74) is 3.65. The lowest BCUT2D eigenvalue weighted by atomic mass is 10.1. The number of halogens is 1. The van der Waals surface area contributed by atoms with E-state index in [-0.39, 0.29) is 24.0 Å². The Morgan fingerprint density at radius 2 is 1.67 bits per heavy atom. The van der Waals surface area contributed by atoms with Crippen molar-refractivity contribution >= 4 is 29.9 Å². The molecule has 0 atom stereocenters. The van der Waals surface area contributed by atoms with Crippen LogP contribution >= 0.6 is 24.0 Å². The third-order valence-electron chi connectivity index (χ3n) is 5.17. The highest BCUT2D eigenvalue weighted by Crippen LogP contribution is 2.12. The summed E-state index contributed by atoms with van der Waals surface area (Å²) in [6, 6.07) is 20.7. The molecule has 0 fully saturated rings. The van der Waals surface area contributed by atoms with Crippen LogP contribution in [-0.4, -0.2) is 31.8 Å². The van der Waals surface area contributed by atoms with E-state index in [0.29, 0.717) is 13.1 Å². The molecule has 0 aliphatic heterocycles. The number of hydrogen-bond donors (Lipinski definition) is 2. The van der Waals surface area contributed by atoms with Crippen LogP contribution in [0.4, 0.5) is 0 Å². The molecule has 0 aliphatic rings. The monoisotopic (exact) mass is 555 g/mol. The zero-order chi connectivity index (χ0) is 22.0. The summed E-state index contributed by atoms with van der Waals surface area (Å²) in [6.45, 7) is 5.58. The summed E-state index contributed by atoms with van der Waals surface area (Å²) in [5.74, 6) is 1.74. The number of nitrogens with one attached hydrogen (secondary N) is 2. The molecule has 2 aromatic heterocycles. The summed E-state index contributed by atoms with van der Waals surface area (Å²) in [6.07, 6.45) is 7.63. The molecule has 172 valence electrons. The van der Waals surface area contributed by atoms with Crippen LogP contribution in [0.1, 0.15) is 29.4 Å². The lowest BCUT2D eigenvalue weighted by Gasteiger charge is -2.14. The molecule has 4 aromatic rings. The quantitative estimate of drug-likeness (QED) is 0.186. The Morgan fingerprint density at radius 3 is 2.42 bits per heavy atom. The average Bonchev–Trinajstić information content (AvgIpc) is 3.49. The maximum absolute atomic E-state index is 4.81. The normalized spacial score (nSPS) is 11.1. The average molecular weight is 555 g/mol. The SMILES string of the molecule is CCNC(=NCc1ccccc1Cn1cccn1)NCc1nccn1Cc1ccccc1.I. The molecule has 8 heteroatoms. The van der Waals surface area contributed by atoms with Gasteiger partial charge < -0.3 is 15.2 Å². The van der Waals surface area contributed by atoms with Crippen molar-refractivity contribution in [2.45, 2.75) is 33.1 Å². The molecule has 2 heterocycles. The number of benzene rings is 2. The number of aromatic nitrogens is 4. The molecule has 33 heavy (non-hydrogen) atoms. The molecule has 0 bridgehead atoms. The smallest absolute Gasteiger partial charge is 0.191 e. The van der Waals surface area contributed by atoms with E-state index < -0.39 is 0 Å². The third-order valence-corrected chi connectivity index (χ3v) is 5.17. The molecule has 2 aromatic carbocycles. The third kappa shape index (κ3) is 7.18. The van der Waals surface area contributed by atoms with Gasteiger partial charge in [-0.2, -0.15) is 5.10 Å². The van der Waals surface area contributed by atoms with Crippen LogP contribution in [0.2, 0.25) is 0 Å². The predicted octanol–water partition coefficient (Wildman–Crippen LogP) is 4.05. The zero-order valence-electron chi connectivity index (χ0n) is 18.8. The first kappa shape index (κ1) is 24.5. The Kier molecular flexibility index (Phi) is 9.49. The highest BCUT2D eigenvalue weighted by Gasteiger charge is 2.07. The fraction of sp³-hybridized carbons (Fsp3) is 0.240. The molecule has 0 aliphatic carbocycles. The van der Waals surface area contributed by atoms with Gasteiger partial charge in [0.2, 0.25) is 0 Å². The van der Waals surface area contributed by atoms with Gasteiger partial charge in [0.1, 0.15) is 5.82 Å². The topological polar surface area (TPSA) is 72.1 Å². The van der Waals surface area contributed by atoms with Crippen molar-refractivity contribution in [1.29, 1.82) is 0 Å². The largest absolute Gasteiger partial charge is 0.357 e. The second kappa shape index (κ2) is 12.8. The second-order valence-electron chi connectivity index (χ2n) is 7.48. The first-order valence-electron chi connectivity index (χ1n) is 10.9. The number of imidazole rings is 1. The van der Waals surface area contributed by atoms with Crippen molar-refractivity contribution in [2.75, 3.05) is 6.54 Å². The Balaban J connectivity index is 0.00000306. The fourth-order valence-electron chi connectivity index (χ4n) is 3.53. The van der Waals surface area contributed by atoms with E-state index in [1.165, 1.54) is 16.7 Å². The van der Waals surface area contributed by atoms with E-state index in [4.69, 9.17) is 4.99 Å². The van der Waals surface area contributed by atoms with Gasteiger partial charge in [-0.05, 0) is 29.7 Å². The first-order chi connectivity index (χ1) is 15.8. The molecule has 0 amide bonds. The predicted molar refractivity (Wildman–Crippen MR) is 143 cm³/mol. The van der Waals surface area contributed by atoms with Crippen LogP contribution in [0.15, 0.2) is 90.4 Å². The Morgan fingerprint density at radius 1 is 0.879 bits per heavy atom. The lowest BCUT2D eigenvalue weighted by Crippen LogP contribution is -2.37. The van der Waals surface area contributed by atoms with Crippen LogP contribution < -0.4 is 10.6 Å². The molecule has 0 saturated heterocycles.